The van der Waals surface area contributed by atoms with Crippen molar-refractivity contribution in [2.24, 2.45) is 0 Å². The van der Waals surface area contributed by atoms with Crippen molar-refractivity contribution in [1.29, 1.82) is 0 Å². The molecular weight excluding hydrogens is 440 g/mol. The van der Waals surface area contributed by atoms with E-state index in [0.29, 0.717) is 13.0 Å². The van der Waals surface area contributed by atoms with Crippen LogP contribution in [-0.4, -0.2) is 12.6 Å². The molecule has 0 bridgehead atoms. The van der Waals surface area contributed by atoms with Crippen LogP contribution in [0.4, 0.5) is 0 Å². The maximum atomic E-state index is 12.0. The predicted octanol–water partition coefficient (Wildman–Crippen LogP) is 11.4. The molecule has 0 N–H and O–H groups in total. The van der Waals surface area contributed by atoms with Crippen LogP contribution in [0.1, 0.15) is 157 Å². The topological polar surface area (TPSA) is 26.3 Å². The molecule has 0 aromatic heterocycles. The Morgan fingerprint density at radius 1 is 0.528 bits per heavy atom. The Morgan fingerprint density at radius 3 is 1.42 bits per heavy atom. The van der Waals surface area contributed by atoms with Gasteiger partial charge in [0.2, 0.25) is 0 Å². The summed E-state index contributed by atoms with van der Waals surface area (Å²) in [6, 6.07) is 0. The van der Waals surface area contributed by atoms with Gasteiger partial charge in [0, 0.05) is 6.42 Å². The van der Waals surface area contributed by atoms with E-state index in [1.165, 1.54) is 86.5 Å². The maximum absolute atomic E-state index is 12.0. The SMILES string of the molecule is CCCCCCCCCCCCCC(=O)OC/C=C(\C)CC/C=C(\C)CC/C=C(\C)CCC=C(C)C. The van der Waals surface area contributed by atoms with Gasteiger partial charge in [-0.05, 0) is 85.6 Å². The Hall–Kier alpha value is -1.57. The lowest BCUT2D eigenvalue weighted by atomic mass is 10.0. The minimum Gasteiger partial charge on any atom is -0.461 e. The van der Waals surface area contributed by atoms with E-state index >= 15 is 0 Å². The van der Waals surface area contributed by atoms with Gasteiger partial charge in [-0.25, -0.2) is 0 Å². The fraction of sp³-hybridized carbons (Fsp3) is 0.735. The van der Waals surface area contributed by atoms with Crippen LogP contribution in [0.2, 0.25) is 0 Å². The molecule has 0 aliphatic rings. The third kappa shape index (κ3) is 25.5. The molecule has 0 radical (unpaired) electrons. The molecule has 0 atom stereocenters. The first-order valence-electron chi connectivity index (χ1n) is 15.1. The number of carbonyl (C=O) groups is 1. The lowest BCUT2D eigenvalue weighted by Gasteiger charge is -2.05. The highest BCUT2D eigenvalue weighted by Gasteiger charge is 2.02. The molecule has 2 nitrogen and oxygen atoms in total. The van der Waals surface area contributed by atoms with Gasteiger partial charge in [-0.1, -0.05) is 112 Å². The van der Waals surface area contributed by atoms with Gasteiger partial charge in [-0.3, -0.25) is 4.79 Å². The molecule has 0 aliphatic carbocycles. The van der Waals surface area contributed by atoms with Crippen molar-refractivity contribution in [2.75, 3.05) is 6.61 Å². The quantitative estimate of drug-likeness (QED) is 0.0792. The predicted molar refractivity (Wildman–Crippen MR) is 160 cm³/mol. The smallest absolute Gasteiger partial charge is 0.306 e. The Labute approximate surface area is 225 Å². The fourth-order valence-electron chi connectivity index (χ4n) is 4.27. The van der Waals surface area contributed by atoms with Gasteiger partial charge in [-0.15, -0.1) is 0 Å². The van der Waals surface area contributed by atoms with Crippen molar-refractivity contribution in [2.45, 2.75) is 157 Å². The summed E-state index contributed by atoms with van der Waals surface area (Å²) >= 11 is 0. The normalized spacial score (nSPS) is 12.7. The first-order chi connectivity index (χ1) is 17.3. The zero-order chi connectivity index (χ0) is 26.9. The Morgan fingerprint density at radius 2 is 0.944 bits per heavy atom. The minimum atomic E-state index is -0.0464. The van der Waals surface area contributed by atoms with Crippen molar-refractivity contribution in [1.82, 2.24) is 0 Å². The summed E-state index contributed by atoms with van der Waals surface area (Å²) in [5.74, 6) is -0.0464. The average molecular weight is 501 g/mol. The second kappa shape index (κ2) is 25.1. The van der Waals surface area contributed by atoms with Crippen molar-refractivity contribution in [3.8, 4) is 0 Å². The average Bonchev–Trinajstić information content (AvgIpc) is 2.82. The number of unbranched alkanes of at least 4 members (excludes halogenated alkanes) is 10. The molecule has 0 fully saturated rings. The highest BCUT2D eigenvalue weighted by molar-refractivity contribution is 5.69. The van der Waals surface area contributed by atoms with Crippen molar-refractivity contribution >= 4 is 5.97 Å². The summed E-state index contributed by atoms with van der Waals surface area (Å²) < 4.78 is 5.41. The lowest BCUT2D eigenvalue weighted by Crippen LogP contribution is -2.04. The summed E-state index contributed by atoms with van der Waals surface area (Å²) in [6.45, 7) is 13.6. The van der Waals surface area contributed by atoms with E-state index in [4.69, 9.17) is 4.74 Å². The summed E-state index contributed by atoms with van der Waals surface area (Å²) in [5, 5.41) is 0. The summed E-state index contributed by atoms with van der Waals surface area (Å²) in [6.07, 6.45) is 30.7. The summed E-state index contributed by atoms with van der Waals surface area (Å²) in [5.41, 5.74) is 5.67. The second-order valence-corrected chi connectivity index (χ2v) is 11.0. The molecule has 208 valence electrons. The van der Waals surface area contributed by atoms with Crippen molar-refractivity contribution in [3.05, 3.63) is 46.6 Å². The van der Waals surface area contributed by atoms with Crippen LogP contribution < -0.4 is 0 Å². The molecule has 0 spiro atoms. The third-order valence-corrected chi connectivity index (χ3v) is 6.81. The van der Waals surface area contributed by atoms with E-state index in [-0.39, 0.29) is 5.97 Å². The Kier molecular flexibility index (Phi) is 24.0. The van der Waals surface area contributed by atoms with Crippen LogP contribution in [-0.2, 0) is 9.53 Å². The number of ether oxygens (including phenoxy) is 1. The molecule has 36 heavy (non-hydrogen) atoms. The van der Waals surface area contributed by atoms with Gasteiger partial charge in [0.1, 0.15) is 6.61 Å². The highest BCUT2D eigenvalue weighted by atomic mass is 16.5. The van der Waals surface area contributed by atoms with Gasteiger partial charge in [-0.2, -0.15) is 0 Å². The first kappa shape index (κ1) is 34.4. The lowest BCUT2D eigenvalue weighted by molar-refractivity contribution is -0.142. The summed E-state index contributed by atoms with van der Waals surface area (Å²) in [7, 11) is 0. The number of carbonyl (C=O) groups excluding carboxylic acids is 1. The van der Waals surface area contributed by atoms with Crippen molar-refractivity contribution < 1.29 is 9.53 Å². The van der Waals surface area contributed by atoms with Crippen LogP contribution in [0.15, 0.2) is 46.6 Å². The number of esters is 1. The van der Waals surface area contributed by atoms with E-state index in [9.17, 15) is 4.79 Å². The molecule has 0 aliphatic heterocycles. The van der Waals surface area contributed by atoms with Crippen LogP contribution >= 0.6 is 0 Å². The third-order valence-electron chi connectivity index (χ3n) is 6.81. The summed E-state index contributed by atoms with van der Waals surface area (Å²) in [4.78, 5) is 12.0. The maximum Gasteiger partial charge on any atom is 0.306 e. The van der Waals surface area contributed by atoms with E-state index in [1.807, 2.05) is 0 Å². The van der Waals surface area contributed by atoms with Crippen LogP contribution in [0.25, 0.3) is 0 Å². The van der Waals surface area contributed by atoms with E-state index in [1.54, 1.807) is 0 Å². The van der Waals surface area contributed by atoms with Gasteiger partial charge >= 0.3 is 5.97 Å². The monoisotopic (exact) mass is 500 g/mol. The molecule has 2 heteroatoms. The number of hydrogen-bond donors (Lipinski definition) is 0. The Bertz CT molecular complexity index is 659. The highest BCUT2D eigenvalue weighted by Crippen LogP contribution is 2.14. The van der Waals surface area contributed by atoms with E-state index in [2.05, 4.69) is 65.8 Å². The molecule has 0 saturated heterocycles. The number of rotatable bonds is 23. The molecule has 0 amide bonds. The van der Waals surface area contributed by atoms with E-state index in [0.717, 1.165) is 44.9 Å². The van der Waals surface area contributed by atoms with Crippen LogP contribution in [0.3, 0.4) is 0 Å². The largest absolute Gasteiger partial charge is 0.461 e. The minimum absolute atomic E-state index is 0.0464. The second-order valence-electron chi connectivity index (χ2n) is 11.0. The standard InChI is InChI=1S/C34H60O2/c1-7-8-9-10-11-12-13-14-15-16-17-27-34(35)36-29-28-33(6)26-20-25-32(5)24-19-23-31(4)22-18-21-30(2)3/h21,23,25,28H,7-20,22,24,26-27,29H2,1-6H3/b31-23+,32-25+,33-28+. The molecule has 0 unspecified atom stereocenters. The van der Waals surface area contributed by atoms with Gasteiger partial charge in [0.05, 0.1) is 0 Å². The zero-order valence-electron chi connectivity index (χ0n) is 25.1. The molecule has 0 heterocycles. The molecule has 0 aromatic carbocycles. The Balaban J connectivity index is 3.76. The molecule has 0 saturated carbocycles. The molecule has 0 rings (SSSR count). The molecule has 0 aromatic rings. The first-order valence-corrected chi connectivity index (χ1v) is 15.1. The van der Waals surface area contributed by atoms with Crippen LogP contribution in [0, 0.1) is 0 Å². The van der Waals surface area contributed by atoms with Crippen LogP contribution in [0.5, 0.6) is 0 Å². The molecular formula is C34H60O2. The van der Waals surface area contributed by atoms with Gasteiger partial charge < -0.3 is 4.74 Å². The van der Waals surface area contributed by atoms with Crippen molar-refractivity contribution in [3.63, 3.8) is 0 Å². The number of allylic oxidation sites excluding steroid dienone is 7. The van der Waals surface area contributed by atoms with Gasteiger partial charge in [0.15, 0.2) is 0 Å². The van der Waals surface area contributed by atoms with Gasteiger partial charge in [0.25, 0.3) is 0 Å². The van der Waals surface area contributed by atoms with E-state index < -0.39 is 0 Å². The zero-order valence-corrected chi connectivity index (χ0v) is 25.1. The fourth-order valence-corrected chi connectivity index (χ4v) is 4.27. The number of hydrogen-bond acceptors (Lipinski definition) is 2.